The number of anilines is 3. The summed E-state index contributed by atoms with van der Waals surface area (Å²) >= 11 is 0. The van der Waals surface area contributed by atoms with E-state index in [1.807, 2.05) is 0 Å². The van der Waals surface area contributed by atoms with Crippen LogP contribution in [0.1, 0.15) is 47.2 Å². The molecule has 0 atom stereocenters. The molecule has 0 bridgehead atoms. The molecule has 75 heavy (non-hydrogen) atoms. The first-order valence-electron chi connectivity index (χ1n) is 26.3. The molecule has 1 nitrogen and oxygen atoms in total. The lowest BCUT2D eigenvalue weighted by Crippen LogP contribution is -2.26. The average molecular weight is 954 g/mol. The summed E-state index contributed by atoms with van der Waals surface area (Å²) in [5.41, 5.74) is 28.5. The molecule has 1 heteroatoms. The number of hydrogen-bond donors (Lipinski definition) is 0. The topological polar surface area (TPSA) is 3.24 Å². The third-order valence-electron chi connectivity index (χ3n) is 16.9. The van der Waals surface area contributed by atoms with E-state index in [4.69, 9.17) is 0 Å². The van der Waals surface area contributed by atoms with Crippen LogP contribution in [-0.4, -0.2) is 0 Å². The highest BCUT2D eigenvalue weighted by atomic mass is 15.1. The number of para-hydroxylation sites is 1. The van der Waals surface area contributed by atoms with Crippen LogP contribution in [0.15, 0.2) is 273 Å². The van der Waals surface area contributed by atoms with Crippen molar-refractivity contribution < 1.29 is 0 Å². The Morgan fingerprint density at radius 2 is 0.667 bits per heavy atom. The smallest absolute Gasteiger partial charge is 0.0731 e. The van der Waals surface area contributed by atoms with Crippen molar-refractivity contribution in [2.24, 2.45) is 0 Å². The Kier molecular flexibility index (Phi) is 9.59. The third-order valence-corrected chi connectivity index (χ3v) is 16.9. The van der Waals surface area contributed by atoms with E-state index in [1.165, 1.54) is 122 Å². The van der Waals surface area contributed by atoms with E-state index < -0.39 is 5.41 Å². The summed E-state index contributed by atoms with van der Waals surface area (Å²) in [6.45, 7) is 4.74. The fourth-order valence-electron chi connectivity index (χ4n) is 13.7. The van der Waals surface area contributed by atoms with Crippen molar-refractivity contribution in [2.75, 3.05) is 4.90 Å². The van der Waals surface area contributed by atoms with Crippen molar-refractivity contribution >= 4 is 27.8 Å². The molecule has 12 aromatic carbocycles. The van der Waals surface area contributed by atoms with Crippen LogP contribution in [0.25, 0.3) is 88.7 Å². The van der Waals surface area contributed by atoms with Gasteiger partial charge >= 0.3 is 0 Å². The molecule has 1 spiro atoms. The second-order valence-electron chi connectivity index (χ2n) is 21.0. The molecular weight excluding hydrogens is 903 g/mol. The van der Waals surface area contributed by atoms with Gasteiger partial charge < -0.3 is 4.90 Å². The molecule has 0 amide bonds. The molecule has 0 heterocycles. The van der Waals surface area contributed by atoms with Crippen molar-refractivity contribution in [1.82, 2.24) is 0 Å². The second-order valence-corrected chi connectivity index (χ2v) is 21.0. The van der Waals surface area contributed by atoms with Crippen LogP contribution in [0.5, 0.6) is 0 Å². The number of nitrogens with zero attached hydrogens (tertiary/aromatic N) is 1. The van der Waals surface area contributed by atoms with Crippen LogP contribution in [0.4, 0.5) is 17.1 Å². The van der Waals surface area contributed by atoms with E-state index >= 15 is 0 Å². The zero-order valence-electron chi connectivity index (χ0n) is 41.9. The summed E-state index contributed by atoms with van der Waals surface area (Å²) in [4.78, 5) is 2.48. The molecule has 352 valence electrons. The van der Waals surface area contributed by atoms with Gasteiger partial charge in [0.25, 0.3) is 0 Å². The van der Waals surface area contributed by atoms with Gasteiger partial charge in [0.05, 0.1) is 11.1 Å². The summed E-state index contributed by atoms with van der Waals surface area (Å²) < 4.78 is 0. The fourth-order valence-corrected chi connectivity index (χ4v) is 13.7. The Morgan fingerprint density at radius 1 is 0.267 bits per heavy atom. The van der Waals surface area contributed by atoms with Crippen molar-refractivity contribution in [1.29, 1.82) is 0 Å². The first-order valence-corrected chi connectivity index (χ1v) is 26.3. The minimum atomic E-state index is -0.448. The van der Waals surface area contributed by atoms with E-state index in [-0.39, 0.29) is 5.41 Å². The normalized spacial score (nSPS) is 13.7. The predicted molar refractivity (Wildman–Crippen MR) is 314 cm³/mol. The highest BCUT2D eigenvalue weighted by Gasteiger charge is 2.52. The highest BCUT2D eigenvalue weighted by Crippen LogP contribution is 2.64. The second kappa shape index (κ2) is 16.6. The van der Waals surface area contributed by atoms with Gasteiger partial charge in [-0.1, -0.05) is 257 Å². The van der Waals surface area contributed by atoms with Gasteiger partial charge in [-0.05, 0) is 147 Å². The number of hydrogen-bond acceptors (Lipinski definition) is 1. The lowest BCUT2D eigenvalue weighted by atomic mass is 9.68. The number of fused-ring (bicyclic) bond motifs is 14. The Hall–Kier alpha value is -9.30. The van der Waals surface area contributed by atoms with Gasteiger partial charge in [-0.15, -0.1) is 0 Å². The van der Waals surface area contributed by atoms with Crippen LogP contribution >= 0.6 is 0 Å². The minimum Gasteiger partial charge on any atom is -0.310 e. The molecule has 0 aliphatic heterocycles. The molecule has 3 aliphatic carbocycles. The van der Waals surface area contributed by atoms with Gasteiger partial charge in [0, 0.05) is 22.4 Å². The van der Waals surface area contributed by atoms with Gasteiger partial charge in [-0.2, -0.15) is 0 Å². The molecule has 12 aromatic rings. The third kappa shape index (κ3) is 6.25. The Bertz CT molecular complexity index is 4180. The largest absolute Gasteiger partial charge is 0.310 e. The molecule has 0 unspecified atom stereocenters. The molecule has 3 aliphatic rings. The van der Waals surface area contributed by atoms with E-state index in [0.29, 0.717) is 0 Å². The lowest BCUT2D eigenvalue weighted by molar-refractivity contribution is 0.660. The fraction of sp³-hybridized carbons (Fsp3) is 0.0541. The van der Waals surface area contributed by atoms with Crippen LogP contribution in [-0.2, 0) is 10.8 Å². The monoisotopic (exact) mass is 953 g/mol. The van der Waals surface area contributed by atoms with E-state index in [9.17, 15) is 0 Å². The van der Waals surface area contributed by atoms with Gasteiger partial charge in [0.2, 0.25) is 0 Å². The molecule has 0 saturated heterocycles. The predicted octanol–water partition coefficient (Wildman–Crippen LogP) is 19.6. The number of rotatable bonds is 7. The van der Waals surface area contributed by atoms with Gasteiger partial charge in [-0.3, -0.25) is 0 Å². The van der Waals surface area contributed by atoms with E-state index in [0.717, 1.165) is 17.1 Å². The Balaban J connectivity index is 0.913. The summed E-state index contributed by atoms with van der Waals surface area (Å²) in [5.74, 6) is 0. The molecule has 0 radical (unpaired) electrons. The summed E-state index contributed by atoms with van der Waals surface area (Å²) in [6, 6.07) is 102. The SMILES string of the molecule is CC1(C)c2ccccc2-c2c(-c3ccccc3N(c3ccc(-c4cccc5c4C4(c6ccccc6-c6ccccc64)c4ccccc4-5)cc3)c3ccc(-c4cccc5cccc(-c6ccccc6)c45)cc3)cccc21. The maximum atomic E-state index is 2.48. The van der Waals surface area contributed by atoms with Crippen molar-refractivity contribution in [3.63, 3.8) is 0 Å². The molecule has 0 N–H and O–H groups in total. The maximum absolute atomic E-state index is 2.48. The molecule has 0 fully saturated rings. The summed E-state index contributed by atoms with van der Waals surface area (Å²) in [7, 11) is 0. The van der Waals surface area contributed by atoms with Gasteiger partial charge in [0.15, 0.2) is 0 Å². The van der Waals surface area contributed by atoms with Crippen LogP contribution < -0.4 is 4.90 Å². The molecular formula is C74H51N. The standard InChI is InChI=1S/C74H51N/c1-73(2)64-34-11-9-28-63(64)71-61(32-19-38-68(71)73)60-27-10-15-39-69(60)75(52-44-40-49(41-45-52)55-30-17-23-51-22-16-29-54(70(51)55)48-20-4-3-5-21-48)53-46-42-50(43-47-53)56-31-18-33-62-59-26-8-14-37-67(59)74(72(56)62)65-35-12-6-24-57(65)58-25-7-13-36-66(58)74/h3-47H,1-2H3. The number of benzene rings is 12. The lowest BCUT2D eigenvalue weighted by Gasteiger charge is -2.32. The van der Waals surface area contributed by atoms with Crippen molar-refractivity contribution in [3.05, 3.63) is 306 Å². The molecule has 0 saturated carbocycles. The van der Waals surface area contributed by atoms with Crippen LogP contribution in [0, 0.1) is 0 Å². The van der Waals surface area contributed by atoms with Crippen LogP contribution in [0.2, 0.25) is 0 Å². The first-order chi connectivity index (χ1) is 37.0. The average Bonchev–Trinajstić information content (AvgIpc) is 4.25. The van der Waals surface area contributed by atoms with Gasteiger partial charge in [0.1, 0.15) is 0 Å². The molecule has 0 aromatic heterocycles. The summed E-state index contributed by atoms with van der Waals surface area (Å²) in [5, 5.41) is 2.49. The Morgan fingerprint density at radius 3 is 1.28 bits per heavy atom. The zero-order valence-corrected chi connectivity index (χ0v) is 41.9. The minimum absolute atomic E-state index is 0.121. The highest BCUT2D eigenvalue weighted by molar-refractivity contribution is 6.07. The van der Waals surface area contributed by atoms with Gasteiger partial charge in [-0.25, -0.2) is 0 Å². The zero-order chi connectivity index (χ0) is 49.8. The van der Waals surface area contributed by atoms with Crippen molar-refractivity contribution in [3.8, 4) is 77.9 Å². The maximum Gasteiger partial charge on any atom is 0.0731 e. The van der Waals surface area contributed by atoms with Crippen molar-refractivity contribution in [2.45, 2.75) is 24.7 Å². The quantitative estimate of drug-likeness (QED) is 0.154. The summed E-state index contributed by atoms with van der Waals surface area (Å²) in [6.07, 6.45) is 0. The van der Waals surface area contributed by atoms with E-state index in [1.54, 1.807) is 0 Å². The van der Waals surface area contributed by atoms with E-state index in [2.05, 4.69) is 292 Å². The van der Waals surface area contributed by atoms with Crippen LogP contribution in [0.3, 0.4) is 0 Å². The Labute approximate surface area is 439 Å². The molecule has 15 rings (SSSR count). The first kappa shape index (κ1) is 43.3.